The number of aliphatic hydroxyl groups is 2. The van der Waals surface area contributed by atoms with Gasteiger partial charge >= 0.3 is 0 Å². The van der Waals surface area contributed by atoms with E-state index in [9.17, 15) is 5.11 Å². The largest absolute Gasteiger partial charge is 0.392 e. The molecule has 0 heterocycles. The Kier molecular flexibility index (Phi) is 4.28. The van der Waals surface area contributed by atoms with Crippen LogP contribution in [0.4, 0.5) is 0 Å². The van der Waals surface area contributed by atoms with Crippen LogP contribution < -0.4 is 0 Å². The van der Waals surface area contributed by atoms with Crippen molar-refractivity contribution in [3.63, 3.8) is 0 Å². The standard InChI is InChI=1S/C20H32O2/c1-12(11-21)9-15(22)10-20(4)17-8-6-13(2)16-7-5-14(3)18(16)19(17)20/h9,14-19,21-22H,2,5-8,10-11H2,1,3-4H3/t14-,15-,16+,17-,18+,19-,20+/m1/s1. The molecule has 124 valence electrons. The van der Waals surface area contributed by atoms with Gasteiger partial charge in [-0.3, -0.25) is 0 Å². The first kappa shape index (κ1) is 16.3. The molecule has 0 saturated heterocycles. The van der Waals surface area contributed by atoms with Crippen LogP contribution in [0.5, 0.6) is 0 Å². The first-order chi connectivity index (χ1) is 10.4. The lowest BCUT2D eigenvalue weighted by Crippen LogP contribution is -2.22. The van der Waals surface area contributed by atoms with E-state index in [1.165, 1.54) is 31.3 Å². The van der Waals surface area contributed by atoms with Gasteiger partial charge in [0.1, 0.15) is 0 Å². The van der Waals surface area contributed by atoms with E-state index in [0.29, 0.717) is 0 Å². The maximum atomic E-state index is 10.4. The van der Waals surface area contributed by atoms with Crippen LogP contribution in [0.2, 0.25) is 0 Å². The van der Waals surface area contributed by atoms with Gasteiger partial charge in [-0.15, -0.1) is 0 Å². The summed E-state index contributed by atoms with van der Waals surface area (Å²) in [5.74, 6) is 3.86. The highest BCUT2D eigenvalue weighted by Crippen LogP contribution is 2.72. The van der Waals surface area contributed by atoms with Gasteiger partial charge in [-0.1, -0.05) is 32.1 Å². The zero-order valence-corrected chi connectivity index (χ0v) is 14.4. The Labute approximate surface area is 135 Å². The highest BCUT2D eigenvalue weighted by Gasteiger charge is 2.66. The average Bonchev–Trinajstić information content (AvgIpc) is 2.88. The summed E-state index contributed by atoms with van der Waals surface area (Å²) in [4.78, 5) is 0. The fourth-order valence-electron chi connectivity index (χ4n) is 5.93. The molecule has 22 heavy (non-hydrogen) atoms. The topological polar surface area (TPSA) is 40.5 Å². The second-order valence-corrected chi connectivity index (χ2v) is 8.52. The molecule has 7 atom stereocenters. The van der Waals surface area contributed by atoms with Crippen LogP contribution in [0.15, 0.2) is 23.8 Å². The molecule has 2 heteroatoms. The molecule has 3 aliphatic rings. The van der Waals surface area contributed by atoms with Gasteiger partial charge in [-0.05, 0) is 79.6 Å². The van der Waals surface area contributed by atoms with Crippen LogP contribution in [0.25, 0.3) is 0 Å². The monoisotopic (exact) mass is 304 g/mol. The molecule has 3 saturated carbocycles. The fourth-order valence-corrected chi connectivity index (χ4v) is 5.93. The summed E-state index contributed by atoms with van der Waals surface area (Å²) in [7, 11) is 0. The Bertz CT molecular complexity index is 480. The number of aliphatic hydroxyl groups excluding tert-OH is 2. The van der Waals surface area contributed by atoms with E-state index < -0.39 is 6.10 Å². The predicted molar refractivity (Wildman–Crippen MR) is 90.3 cm³/mol. The SMILES string of the molecule is C=C1CC[C@@H]2[C@H]([C@H]3[C@H](C)CC[C@@H]13)[C@@]2(C)C[C@H](O)C=C(C)CO. The van der Waals surface area contributed by atoms with Crippen molar-refractivity contribution < 1.29 is 10.2 Å². The lowest BCUT2D eigenvalue weighted by Gasteiger charge is -2.27. The summed E-state index contributed by atoms with van der Waals surface area (Å²) in [6.45, 7) is 11.1. The molecule has 3 rings (SSSR count). The fraction of sp³-hybridized carbons (Fsp3) is 0.800. The van der Waals surface area contributed by atoms with E-state index in [4.69, 9.17) is 5.11 Å². The van der Waals surface area contributed by atoms with Crippen molar-refractivity contribution in [1.82, 2.24) is 0 Å². The minimum atomic E-state index is -0.414. The van der Waals surface area contributed by atoms with Crippen molar-refractivity contribution in [3.05, 3.63) is 23.8 Å². The summed E-state index contributed by atoms with van der Waals surface area (Å²) in [5.41, 5.74) is 2.66. The molecule has 0 radical (unpaired) electrons. The molecule has 3 fully saturated rings. The second-order valence-electron chi connectivity index (χ2n) is 8.52. The third kappa shape index (κ3) is 2.59. The van der Waals surface area contributed by atoms with E-state index in [2.05, 4.69) is 20.4 Å². The first-order valence-electron chi connectivity index (χ1n) is 9.02. The lowest BCUT2D eigenvalue weighted by molar-refractivity contribution is 0.160. The number of fused-ring (bicyclic) bond motifs is 3. The van der Waals surface area contributed by atoms with Crippen LogP contribution in [-0.4, -0.2) is 22.9 Å². The van der Waals surface area contributed by atoms with Gasteiger partial charge in [0.15, 0.2) is 0 Å². The third-order valence-corrected chi connectivity index (χ3v) is 7.08. The van der Waals surface area contributed by atoms with Gasteiger partial charge in [0.2, 0.25) is 0 Å². The van der Waals surface area contributed by atoms with Gasteiger partial charge in [0.05, 0.1) is 12.7 Å². The molecule has 0 aromatic carbocycles. The van der Waals surface area contributed by atoms with Crippen LogP contribution in [0.1, 0.15) is 52.9 Å². The van der Waals surface area contributed by atoms with Crippen LogP contribution >= 0.6 is 0 Å². The molecule has 0 aliphatic heterocycles. The molecule has 3 aliphatic carbocycles. The van der Waals surface area contributed by atoms with E-state index >= 15 is 0 Å². The number of hydrogen-bond donors (Lipinski definition) is 2. The van der Waals surface area contributed by atoms with Crippen LogP contribution in [0.3, 0.4) is 0 Å². The molecular formula is C20H32O2. The normalized spacial score (nSPS) is 46.0. The number of allylic oxidation sites excluding steroid dienone is 1. The maximum absolute atomic E-state index is 10.4. The van der Waals surface area contributed by atoms with Crippen molar-refractivity contribution in [2.45, 2.75) is 59.0 Å². The Morgan fingerprint density at radius 1 is 1.41 bits per heavy atom. The van der Waals surface area contributed by atoms with Gasteiger partial charge in [0.25, 0.3) is 0 Å². The lowest BCUT2D eigenvalue weighted by atomic mass is 9.78. The molecule has 0 amide bonds. The number of rotatable bonds is 4. The van der Waals surface area contributed by atoms with Gasteiger partial charge < -0.3 is 10.2 Å². The minimum absolute atomic E-state index is 0.0438. The molecule has 0 unspecified atom stereocenters. The smallest absolute Gasteiger partial charge is 0.0729 e. The summed E-state index contributed by atoms with van der Waals surface area (Å²) in [5, 5.41) is 19.5. The van der Waals surface area contributed by atoms with E-state index in [-0.39, 0.29) is 12.0 Å². The van der Waals surface area contributed by atoms with E-state index in [1.54, 1.807) is 0 Å². The molecule has 0 aromatic heterocycles. The highest BCUT2D eigenvalue weighted by molar-refractivity contribution is 5.22. The predicted octanol–water partition coefficient (Wildman–Crippen LogP) is 3.94. The van der Waals surface area contributed by atoms with Gasteiger partial charge in [-0.2, -0.15) is 0 Å². The van der Waals surface area contributed by atoms with Gasteiger partial charge in [0, 0.05) is 0 Å². The molecule has 2 N–H and O–H groups in total. The quantitative estimate of drug-likeness (QED) is 0.772. The highest BCUT2D eigenvalue weighted by atomic mass is 16.3. The minimum Gasteiger partial charge on any atom is -0.392 e. The van der Waals surface area contributed by atoms with Crippen LogP contribution in [0, 0.1) is 35.0 Å². The van der Waals surface area contributed by atoms with Crippen molar-refractivity contribution in [1.29, 1.82) is 0 Å². The van der Waals surface area contributed by atoms with Crippen molar-refractivity contribution >= 4 is 0 Å². The Morgan fingerprint density at radius 2 is 2.14 bits per heavy atom. The van der Waals surface area contributed by atoms with Crippen LogP contribution in [-0.2, 0) is 0 Å². The molecular weight excluding hydrogens is 272 g/mol. The zero-order chi connectivity index (χ0) is 16.1. The van der Waals surface area contributed by atoms with Crippen molar-refractivity contribution in [2.75, 3.05) is 6.61 Å². The first-order valence-corrected chi connectivity index (χ1v) is 9.02. The Balaban J connectivity index is 1.76. The van der Waals surface area contributed by atoms with Crippen molar-refractivity contribution in [3.8, 4) is 0 Å². The maximum Gasteiger partial charge on any atom is 0.0729 e. The summed E-state index contributed by atoms with van der Waals surface area (Å²) in [6.07, 6.45) is 7.40. The van der Waals surface area contributed by atoms with Crippen molar-refractivity contribution in [2.24, 2.45) is 35.0 Å². The van der Waals surface area contributed by atoms with Gasteiger partial charge in [-0.25, -0.2) is 0 Å². The molecule has 2 nitrogen and oxygen atoms in total. The van der Waals surface area contributed by atoms with E-state index in [1.807, 2.05) is 13.0 Å². The summed E-state index contributed by atoms with van der Waals surface area (Å²) in [6, 6.07) is 0. The summed E-state index contributed by atoms with van der Waals surface area (Å²) >= 11 is 0. The Hall–Kier alpha value is -0.600. The second kappa shape index (κ2) is 5.79. The average molecular weight is 304 g/mol. The number of hydrogen-bond acceptors (Lipinski definition) is 2. The van der Waals surface area contributed by atoms with E-state index in [0.717, 1.165) is 41.6 Å². The zero-order valence-electron chi connectivity index (χ0n) is 14.4. The Morgan fingerprint density at radius 3 is 2.82 bits per heavy atom. The molecule has 0 bridgehead atoms. The summed E-state index contributed by atoms with van der Waals surface area (Å²) < 4.78 is 0. The third-order valence-electron chi connectivity index (χ3n) is 7.08. The molecule has 0 aromatic rings. The molecule has 0 spiro atoms.